The summed E-state index contributed by atoms with van der Waals surface area (Å²) < 4.78 is 8.18. The smallest absolute Gasteiger partial charge is 0.226 e. The minimum absolute atomic E-state index is 0.100. The summed E-state index contributed by atoms with van der Waals surface area (Å²) in [6, 6.07) is 18.3. The fraction of sp³-hybridized carbons (Fsp3) is 0.333. The molecule has 3 aromatic rings. The summed E-state index contributed by atoms with van der Waals surface area (Å²) >= 11 is 0. The molecule has 0 unspecified atom stereocenters. The fourth-order valence-electron chi connectivity index (χ4n) is 3.35. The van der Waals surface area contributed by atoms with Crippen LogP contribution in [0.3, 0.4) is 0 Å². The Morgan fingerprint density at radius 1 is 1.14 bits per heavy atom. The fourth-order valence-corrected chi connectivity index (χ4v) is 3.35. The Bertz CT molecular complexity index is 973. The normalized spacial score (nSPS) is 13.3. The van der Waals surface area contributed by atoms with Gasteiger partial charge in [-0.25, -0.2) is 4.68 Å². The number of nitrogens with one attached hydrogen (secondary N) is 1. The number of ether oxygens (including phenoxy) is 1. The summed E-state index contributed by atoms with van der Waals surface area (Å²) in [5.41, 5.74) is 4.09. The van der Waals surface area contributed by atoms with Crippen molar-refractivity contribution in [1.82, 2.24) is 15.1 Å². The molecule has 1 heterocycles. The van der Waals surface area contributed by atoms with E-state index in [2.05, 4.69) is 19.2 Å². The Kier molecular flexibility index (Phi) is 5.65. The van der Waals surface area contributed by atoms with Gasteiger partial charge >= 0.3 is 0 Å². The first-order valence-electron chi connectivity index (χ1n) is 10.3. The van der Waals surface area contributed by atoms with Crippen molar-refractivity contribution in [3.8, 4) is 17.3 Å². The maximum absolute atomic E-state index is 12.3. The zero-order chi connectivity index (χ0) is 20.2. The highest BCUT2D eigenvalue weighted by Crippen LogP contribution is 2.32. The quantitative estimate of drug-likeness (QED) is 0.605. The first-order valence-corrected chi connectivity index (χ1v) is 10.3. The summed E-state index contributed by atoms with van der Waals surface area (Å²) in [7, 11) is 0. The Morgan fingerprint density at radius 3 is 2.52 bits per heavy atom. The minimum atomic E-state index is 0.100. The number of carbonyl (C=O) groups excluding carboxylic acids is 1. The van der Waals surface area contributed by atoms with E-state index in [1.165, 1.54) is 5.56 Å². The molecule has 0 aliphatic heterocycles. The molecule has 1 fully saturated rings. The molecular weight excluding hydrogens is 362 g/mol. The predicted octanol–water partition coefficient (Wildman–Crippen LogP) is 4.75. The van der Waals surface area contributed by atoms with Crippen LogP contribution in [0.4, 0.5) is 0 Å². The summed E-state index contributed by atoms with van der Waals surface area (Å²) in [5, 5.41) is 7.89. The number of carbonyl (C=O) groups is 1. The van der Waals surface area contributed by atoms with Crippen LogP contribution in [0.25, 0.3) is 5.69 Å². The average molecular weight is 389 g/mol. The molecule has 4 rings (SSSR count). The van der Waals surface area contributed by atoms with Crippen LogP contribution in [0.2, 0.25) is 0 Å². The van der Waals surface area contributed by atoms with E-state index < -0.39 is 0 Å². The van der Waals surface area contributed by atoms with Crippen molar-refractivity contribution in [2.24, 2.45) is 0 Å². The van der Waals surface area contributed by atoms with E-state index in [1.807, 2.05) is 59.3 Å². The van der Waals surface area contributed by atoms with E-state index in [0.29, 0.717) is 24.8 Å². The molecule has 0 atom stereocenters. The van der Waals surface area contributed by atoms with Gasteiger partial charge in [-0.1, -0.05) is 42.8 Å². The third-order valence-corrected chi connectivity index (χ3v) is 5.14. The first kappa shape index (κ1) is 19.2. The summed E-state index contributed by atoms with van der Waals surface area (Å²) in [6.07, 6.45) is 4.02. The second kappa shape index (κ2) is 8.52. The lowest BCUT2D eigenvalue weighted by Crippen LogP contribution is -2.25. The Morgan fingerprint density at radius 2 is 1.86 bits per heavy atom. The minimum Gasteiger partial charge on any atom is -0.439 e. The number of nitrogens with zero attached hydrogens (tertiary/aromatic N) is 2. The lowest BCUT2D eigenvalue weighted by molar-refractivity contribution is -0.121. The van der Waals surface area contributed by atoms with Crippen molar-refractivity contribution < 1.29 is 9.53 Å². The zero-order valence-electron chi connectivity index (χ0n) is 17.0. The van der Waals surface area contributed by atoms with Gasteiger partial charge in [0.05, 0.1) is 11.4 Å². The molecule has 0 bridgehead atoms. The second-order valence-corrected chi connectivity index (χ2v) is 7.59. The second-order valence-electron chi connectivity index (χ2n) is 7.59. The van der Waals surface area contributed by atoms with Crippen molar-refractivity contribution in [3.63, 3.8) is 0 Å². The van der Waals surface area contributed by atoms with Crippen molar-refractivity contribution in [2.45, 2.75) is 52.0 Å². The highest BCUT2D eigenvalue weighted by Gasteiger charge is 2.25. The third-order valence-electron chi connectivity index (χ3n) is 5.14. The number of hydrogen-bond donors (Lipinski definition) is 1. The summed E-state index contributed by atoms with van der Waals surface area (Å²) in [4.78, 5) is 12.3. The number of benzene rings is 2. The van der Waals surface area contributed by atoms with Crippen LogP contribution in [-0.4, -0.2) is 21.7 Å². The molecule has 1 amide bonds. The molecule has 29 heavy (non-hydrogen) atoms. The molecule has 1 aliphatic rings. The third kappa shape index (κ3) is 4.67. The monoisotopic (exact) mass is 389 g/mol. The molecule has 150 valence electrons. The molecule has 0 spiro atoms. The highest BCUT2D eigenvalue weighted by molar-refractivity contribution is 5.77. The Labute approximate surface area is 171 Å². The zero-order valence-corrected chi connectivity index (χ0v) is 17.0. The molecule has 0 saturated heterocycles. The van der Waals surface area contributed by atoms with Gasteiger partial charge in [-0.3, -0.25) is 4.79 Å². The first-order chi connectivity index (χ1) is 14.1. The van der Waals surface area contributed by atoms with E-state index in [9.17, 15) is 4.79 Å². The van der Waals surface area contributed by atoms with Crippen LogP contribution in [0, 0.1) is 6.92 Å². The van der Waals surface area contributed by atoms with E-state index in [1.54, 1.807) is 0 Å². The number of amides is 1. The maximum Gasteiger partial charge on any atom is 0.226 e. The van der Waals surface area contributed by atoms with Gasteiger partial charge in [0, 0.05) is 18.0 Å². The Balaban J connectivity index is 1.67. The number of aromatic nitrogens is 2. The van der Waals surface area contributed by atoms with Crippen LogP contribution in [0.1, 0.15) is 43.0 Å². The summed E-state index contributed by atoms with van der Waals surface area (Å²) in [6.45, 7) is 4.14. The average Bonchev–Trinajstić information content (AvgIpc) is 3.48. The van der Waals surface area contributed by atoms with E-state index >= 15 is 0 Å². The van der Waals surface area contributed by atoms with Gasteiger partial charge in [-0.2, -0.15) is 5.10 Å². The van der Waals surface area contributed by atoms with E-state index in [4.69, 9.17) is 9.84 Å². The van der Waals surface area contributed by atoms with Crippen LogP contribution in [0.15, 0.2) is 54.6 Å². The van der Waals surface area contributed by atoms with Gasteiger partial charge in [0.25, 0.3) is 0 Å². The highest BCUT2D eigenvalue weighted by atomic mass is 16.5. The predicted molar refractivity (Wildman–Crippen MR) is 114 cm³/mol. The largest absolute Gasteiger partial charge is 0.439 e. The van der Waals surface area contributed by atoms with Crippen LogP contribution < -0.4 is 10.1 Å². The number of hydrogen-bond acceptors (Lipinski definition) is 3. The van der Waals surface area contributed by atoms with Crippen molar-refractivity contribution in [3.05, 3.63) is 71.4 Å². The standard InChI is InChI=1S/C24H27N3O2/c1-3-22-21(15-16-23(28)25-18-11-12-18)24(29-20-13-9-17(2)10-14-20)27(26-22)19-7-5-4-6-8-19/h4-10,13-14,18H,3,11-12,15-16H2,1-2H3,(H,25,28). The molecule has 1 aromatic heterocycles. The number of rotatable bonds is 8. The molecule has 1 aliphatic carbocycles. The van der Waals surface area contributed by atoms with Gasteiger partial charge in [0.15, 0.2) is 0 Å². The Hall–Kier alpha value is -3.08. The van der Waals surface area contributed by atoms with Crippen LogP contribution in [-0.2, 0) is 17.6 Å². The maximum atomic E-state index is 12.3. The van der Waals surface area contributed by atoms with Gasteiger partial charge in [-0.05, 0) is 56.9 Å². The van der Waals surface area contributed by atoms with Crippen LogP contribution in [0.5, 0.6) is 11.6 Å². The van der Waals surface area contributed by atoms with Gasteiger partial charge in [0.2, 0.25) is 11.8 Å². The number of aryl methyl sites for hydroxylation is 2. The van der Waals surface area contributed by atoms with Crippen molar-refractivity contribution >= 4 is 5.91 Å². The molecule has 2 aromatic carbocycles. The van der Waals surface area contributed by atoms with Crippen LogP contribution >= 0.6 is 0 Å². The van der Waals surface area contributed by atoms with Crippen molar-refractivity contribution in [2.75, 3.05) is 0 Å². The van der Waals surface area contributed by atoms with E-state index in [0.717, 1.165) is 42.0 Å². The van der Waals surface area contributed by atoms with Crippen molar-refractivity contribution in [1.29, 1.82) is 0 Å². The molecule has 1 N–H and O–H groups in total. The topological polar surface area (TPSA) is 56.2 Å². The molecule has 5 heteroatoms. The van der Waals surface area contributed by atoms with Gasteiger partial charge in [0.1, 0.15) is 5.75 Å². The lowest BCUT2D eigenvalue weighted by Gasteiger charge is -2.12. The van der Waals surface area contributed by atoms with E-state index in [-0.39, 0.29) is 5.91 Å². The van der Waals surface area contributed by atoms with Gasteiger partial charge in [-0.15, -0.1) is 0 Å². The summed E-state index contributed by atoms with van der Waals surface area (Å²) in [5.74, 6) is 1.55. The molecule has 0 radical (unpaired) electrons. The molecule has 5 nitrogen and oxygen atoms in total. The lowest BCUT2D eigenvalue weighted by atomic mass is 10.1. The molecule has 1 saturated carbocycles. The van der Waals surface area contributed by atoms with Gasteiger partial charge < -0.3 is 10.1 Å². The molecular formula is C24H27N3O2. The SMILES string of the molecule is CCc1nn(-c2ccccc2)c(Oc2ccc(C)cc2)c1CCC(=O)NC1CC1. The number of para-hydroxylation sites is 1.